The average Bonchev–Trinajstić information content (AvgIpc) is 2.67. The Bertz CT molecular complexity index is 857. The Morgan fingerprint density at radius 2 is 1.75 bits per heavy atom. The predicted octanol–water partition coefficient (Wildman–Crippen LogP) is 3.00. The number of benzene rings is 1. The van der Waals surface area contributed by atoms with E-state index in [1.54, 1.807) is 0 Å². The van der Waals surface area contributed by atoms with E-state index < -0.39 is 0 Å². The van der Waals surface area contributed by atoms with E-state index in [-0.39, 0.29) is 11.2 Å². The van der Waals surface area contributed by atoms with Crippen LogP contribution in [0.2, 0.25) is 0 Å². The van der Waals surface area contributed by atoms with Gasteiger partial charge < -0.3 is 10.2 Å². The maximum atomic E-state index is 12.6. The molecule has 1 aliphatic carbocycles. The van der Waals surface area contributed by atoms with Gasteiger partial charge in [-0.2, -0.15) is 4.98 Å². The molecule has 2 heterocycles. The van der Waals surface area contributed by atoms with Crippen molar-refractivity contribution >= 4 is 17.5 Å². The van der Waals surface area contributed by atoms with Crippen LogP contribution < -0.4 is 10.2 Å². The number of carbonyl (C=O) groups excluding carboxylic acids is 1. The SMILES string of the molecule is CNc1nc(N2CCN(Cc3ccccc3)CC2)nc2c1C(=O)CC(C)(C)C2. The first-order valence-corrected chi connectivity index (χ1v) is 10.1. The van der Waals surface area contributed by atoms with Gasteiger partial charge in [0, 0.05) is 46.2 Å². The zero-order chi connectivity index (χ0) is 19.7. The molecule has 2 aliphatic rings. The van der Waals surface area contributed by atoms with E-state index in [0.717, 1.165) is 50.8 Å². The Kier molecular flexibility index (Phi) is 5.06. The molecule has 0 unspecified atom stereocenters. The van der Waals surface area contributed by atoms with E-state index in [0.29, 0.717) is 17.8 Å². The third kappa shape index (κ3) is 3.87. The molecule has 2 aromatic rings. The van der Waals surface area contributed by atoms with Crippen molar-refractivity contribution in [1.82, 2.24) is 14.9 Å². The quantitative estimate of drug-likeness (QED) is 0.881. The van der Waals surface area contributed by atoms with Gasteiger partial charge in [-0.15, -0.1) is 0 Å². The summed E-state index contributed by atoms with van der Waals surface area (Å²) in [5.74, 6) is 1.56. The number of nitrogens with zero attached hydrogens (tertiary/aromatic N) is 4. The Morgan fingerprint density at radius 1 is 1.04 bits per heavy atom. The summed E-state index contributed by atoms with van der Waals surface area (Å²) in [5, 5.41) is 3.12. The Morgan fingerprint density at radius 3 is 2.43 bits per heavy atom. The number of carbonyl (C=O) groups is 1. The van der Waals surface area contributed by atoms with E-state index in [2.05, 4.69) is 59.3 Å². The minimum atomic E-state index is -0.0465. The van der Waals surface area contributed by atoms with Crippen LogP contribution in [-0.4, -0.2) is 53.9 Å². The van der Waals surface area contributed by atoms with Crippen molar-refractivity contribution in [1.29, 1.82) is 0 Å². The van der Waals surface area contributed by atoms with Gasteiger partial charge in [-0.1, -0.05) is 44.2 Å². The molecule has 1 saturated heterocycles. The lowest BCUT2D eigenvalue weighted by molar-refractivity contribution is 0.0911. The van der Waals surface area contributed by atoms with Crippen LogP contribution in [0.3, 0.4) is 0 Å². The lowest BCUT2D eigenvalue weighted by Crippen LogP contribution is -2.46. The van der Waals surface area contributed by atoms with Crippen LogP contribution in [0.1, 0.15) is 41.9 Å². The molecule has 6 heteroatoms. The Labute approximate surface area is 167 Å². The second kappa shape index (κ2) is 7.51. The maximum absolute atomic E-state index is 12.6. The highest BCUT2D eigenvalue weighted by molar-refractivity contribution is 6.03. The maximum Gasteiger partial charge on any atom is 0.227 e. The summed E-state index contributed by atoms with van der Waals surface area (Å²) in [5.41, 5.74) is 2.88. The number of anilines is 2. The topological polar surface area (TPSA) is 61.4 Å². The molecule has 1 aromatic carbocycles. The zero-order valence-corrected chi connectivity index (χ0v) is 17.0. The monoisotopic (exact) mass is 379 g/mol. The fourth-order valence-electron chi connectivity index (χ4n) is 4.22. The number of piperazine rings is 1. The van der Waals surface area contributed by atoms with Crippen molar-refractivity contribution in [3.8, 4) is 0 Å². The summed E-state index contributed by atoms with van der Waals surface area (Å²) < 4.78 is 0. The lowest BCUT2D eigenvalue weighted by Gasteiger charge is -2.36. The molecule has 1 N–H and O–H groups in total. The van der Waals surface area contributed by atoms with Crippen LogP contribution in [0.15, 0.2) is 30.3 Å². The van der Waals surface area contributed by atoms with Gasteiger partial charge in [0.25, 0.3) is 0 Å². The van der Waals surface area contributed by atoms with Crippen LogP contribution in [0.25, 0.3) is 0 Å². The molecule has 1 aliphatic heterocycles. The second-order valence-electron chi connectivity index (χ2n) is 8.63. The van der Waals surface area contributed by atoms with Crippen LogP contribution >= 0.6 is 0 Å². The van der Waals surface area contributed by atoms with E-state index in [9.17, 15) is 4.79 Å². The standard InChI is InChI=1S/C22H29N5O/c1-22(2)13-17-19(18(28)14-22)20(23-3)25-21(24-17)27-11-9-26(10-12-27)15-16-7-5-4-6-8-16/h4-8H,9-15H2,1-3H3,(H,23,24,25). The molecule has 0 bridgehead atoms. The number of hydrogen-bond acceptors (Lipinski definition) is 6. The predicted molar refractivity (Wildman–Crippen MR) is 112 cm³/mol. The largest absolute Gasteiger partial charge is 0.372 e. The lowest BCUT2D eigenvalue weighted by atomic mass is 9.76. The van der Waals surface area contributed by atoms with Gasteiger partial charge >= 0.3 is 0 Å². The van der Waals surface area contributed by atoms with Gasteiger partial charge in [-0.05, 0) is 17.4 Å². The molecule has 1 aromatic heterocycles. The minimum absolute atomic E-state index is 0.0465. The van der Waals surface area contributed by atoms with E-state index in [1.165, 1.54) is 5.56 Å². The first-order valence-electron chi connectivity index (χ1n) is 10.1. The fraction of sp³-hybridized carbons (Fsp3) is 0.500. The van der Waals surface area contributed by atoms with E-state index >= 15 is 0 Å². The molecule has 148 valence electrons. The van der Waals surface area contributed by atoms with Crippen LogP contribution in [0.4, 0.5) is 11.8 Å². The van der Waals surface area contributed by atoms with Gasteiger partial charge in [0.05, 0.1) is 11.3 Å². The highest BCUT2D eigenvalue weighted by Gasteiger charge is 2.35. The molecular weight excluding hydrogens is 350 g/mol. The summed E-state index contributed by atoms with van der Waals surface area (Å²) in [6.07, 6.45) is 1.36. The molecular formula is C22H29N5O. The van der Waals surface area contributed by atoms with E-state index in [4.69, 9.17) is 9.97 Å². The number of aromatic nitrogens is 2. The highest BCUT2D eigenvalue weighted by Crippen LogP contribution is 2.37. The number of Topliss-reactive ketones (excluding diaryl/α,β-unsaturated/α-hetero) is 1. The van der Waals surface area contributed by atoms with Crippen LogP contribution in [0, 0.1) is 5.41 Å². The molecule has 0 saturated carbocycles. The molecule has 4 rings (SSSR count). The molecule has 1 fully saturated rings. The van der Waals surface area contributed by atoms with Crippen molar-refractivity contribution in [3.05, 3.63) is 47.2 Å². The van der Waals surface area contributed by atoms with Crippen LogP contribution in [-0.2, 0) is 13.0 Å². The van der Waals surface area contributed by atoms with Gasteiger partial charge in [-0.25, -0.2) is 4.98 Å². The van der Waals surface area contributed by atoms with Gasteiger partial charge in [-0.3, -0.25) is 9.69 Å². The minimum Gasteiger partial charge on any atom is -0.372 e. The number of fused-ring (bicyclic) bond motifs is 1. The molecule has 0 spiro atoms. The van der Waals surface area contributed by atoms with Crippen molar-refractivity contribution < 1.29 is 4.79 Å². The zero-order valence-electron chi connectivity index (χ0n) is 17.0. The first-order chi connectivity index (χ1) is 13.4. The van der Waals surface area contributed by atoms with Crippen molar-refractivity contribution in [2.45, 2.75) is 33.2 Å². The Balaban J connectivity index is 1.50. The summed E-state index contributed by atoms with van der Waals surface area (Å²) >= 11 is 0. The molecule has 0 radical (unpaired) electrons. The first kappa shape index (κ1) is 18.9. The number of ketones is 1. The third-order valence-electron chi connectivity index (χ3n) is 5.68. The summed E-state index contributed by atoms with van der Waals surface area (Å²) in [7, 11) is 1.83. The molecule has 6 nitrogen and oxygen atoms in total. The van der Waals surface area contributed by atoms with Gasteiger partial charge in [0.1, 0.15) is 5.82 Å². The van der Waals surface area contributed by atoms with Crippen LogP contribution in [0.5, 0.6) is 0 Å². The fourth-order valence-corrected chi connectivity index (χ4v) is 4.22. The van der Waals surface area contributed by atoms with E-state index in [1.807, 2.05) is 7.05 Å². The third-order valence-corrected chi connectivity index (χ3v) is 5.68. The van der Waals surface area contributed by atoms with Gasteiger partial charge in [0.15, 0.2) is 5.78 Å². The Hall–Kier alpha value is -2.47. The number of rotatable bonds is 4. The summed E-state index contributed by atoms with van der Waals surface area (Å²) in [4.78, 5) is 26.9. The number of nitrogens with one attached hydrogen (secondary N) is 1. The van der Waals surface area contributed by atoms with Gasteiger partial charge in [0.2, 0.25) is 5.95 Å². The molecule has 0 atom stereocenters. The molecule has 0 amide bonds. The second-order valence-corrected chi connectivity index (χ2v) is 8.63. The summed E-state index contributed by atoms with van der Waals surface area (Å²) in [6.45, 7) is 9.00. The van der Waals surface area contributed by atoms with Crippen molar-refractivity contribution in [3.63, 3.8) is 0 Å². The number of hydrogen-bond donors (Lipinski definition) is 1. The van der Waals surface area contributed by atoms with Crippen molar-refractivity contribution in [2.24, 2.45) is 5.41 Å². The normalized spacial score (nSPS) is 19.4. The molecule has 28 heavy (non-hydrogen) atoms. The smallest absolute Gasteiger partial charge is 0.227 e. The highest BCUT2D eigenvalue weighted by atomic mass is 16.1. The van der Waals surface area contributed by atoms with Crippen molar-refractivity contribution in [2.75, 3.05) is 43.4 Å². The summed E-state index contributed by atoms with van der Waals surface area (Å²) in [6, 6.07) is 10.6. The average molecular weight is 380 g/mol.